The largest absolute Gasteiger partial charge is 0.481 e. The zero-order valence-corrected chi connectivity index (χ0v) is 9.35. The van der Waals surface area contributed by atoms with Gasteiger partial charge in [-0.15, -0.1) is 0 Å². The number of benzene rings is 1. The summed E-state index contributed by atoms with van der Waals surface area (Å²) in [7, 11) is 0. The number of carbonyl (C=O) groups is 2. The lowest BCUT2D eigenvalue weighted by molar-refractivity contribution is -0.136. The number of nitrogens with one attached hydrogen (secondary N) is 1. The minimum Gasteiger partial charge on any atom is -0.481 e. The molecule has 2 rings (SSSR count). The van der Waals surface area contributed by atoms with Crippen LogP contribution in [0.5, 0.6) is 0 Å². The molecule has 0 radical (unpaired) electrons. The van der Waals surface area contributed by atoms with Crippen molar-refractivity contribution in [3.05, 3.63) is 29.8 Å². The summed E-state index contributed by atoms with van der Waals surface area (Å²) in [5, 5.41) is 11.6. The van der Waals surface area contributed by atoms with Gasteiger partial charge in [-0.2, -0.15) is 0 Å². The van der Waals surface area contributed by atoms with E-state index in [1.807, 2.05) is 23.1 Å². The van der Waals surface area contributed by atoms with E-state index in [9.17, 15) is 9.59 Å². The molecule has 0 atom stereocenters. The van der Waals surface area contributed by atoms with Crippen molar-refractivity contribution < 1.29 is 14.7 Å². The maximum Gasteiger partial charge on any atom is 0.307 e. The Bertz CT molecular complexity index is 445. The molecular formula is C12H14N2O3. The van der Waals surface area contributed by atoms with E-state index < -0.39 is 5.97 Å². The van der Waals surface area contributed by atoms with Crippen LogP contribution in [0.15, 0.2) is 24.3 Å². The van der Waals surface area contributed by atoms with Gasteiger partial charge in [0, 0.05) is 18.8 Å². The fourth-order valence-electron chi connectivity index (χ4n) is 1.98. The molecule has 5 heteroatoms. The number of piperazine rings is 1. The predicted octanol–water partition coefficient (Wildman–Crippen LogP) is 0.250. The molecule has 1 amide bonds. The SMILES string of the molecule is O=C(O)Cc1ccccc1N1CCNC(=O)C1. The first kappa shape index (κ1) is 11.4. The Morgan fingerprint density at radius 2 is 2.18 bits per heavy atom. The molecule has 1 saturated heterocycles. The van der Waals surface area contributed by atoms with Gasteiger partial charge in [0.1, 0.15) is 0 Å². The van der Waals surface area contributed by atoms with Gasteiger partial charge in [0.05, 0.1) is 13.0 Å². The molecule has 1 aromatic rings. The van der Waals surface area contributed by atoms with E-state index in [-0.39, 0.29) is 18.9 Å². The fourth-order valence-corrected chi connectivity index (χ4v) is 1.98. The summed E-state index contributed by atoms with van der Waals surface area (Å²) in [5.41, 5.74) is 1.58. The predicted molar refractivity (Wildman–Crippen MR) is 63.0 cm³/mol. The maximum absolute atomic E-state index is 11.3. The summed E-state index contributed by atoms with van der Waals surface area (Å²) in [4.78, 5) is 24.0. The van der Waals surface area contributed by atoms with E-state index in [0.717, 1.165) is 11.3 Å². The lowest BCUT2D eigenvalue weighted by Gasteiger charge is -2.30. The first-order chi connectivity index (χ1) is 8.16. The van der Waals surface area contributed by atoms with Crippen LogP contribution in [-0.4, -0.2) is 36.6 Å². The average Bonchev–Trinajstić information content (AvgIpc) is 2.29. The summed E-state index contributed by atoms with van der Waals surface area (Å²) < 4.78 is 0. The molecular weight excluding hydrogens is 220 g/mol. The number of amides is 1. The zero-order chi connectivity index (χ0) is 12.3. The molecule has 2 N–H and O–H groups in total. The molecule has 0 aliphatic carbocycles. The van der Waals surface area contributed by atoms with Crippen molar-refractivity contribution >= 4 is 17.6 Å². The van der Waals surface area contributed by atoms with Gasteiger partial charge in [-0.3, -0.25) is 9.59 Å². The number of hydrogen-bond acceptors (Lipinski definition) is 3. The number of aliphatic carboxylic acids is 1. The van der Waals surface area contributed by atoms with Gasteiger partial charge in [-0.1, -0.05) is 18.2 Å². The molecule has 1 aromatic carbocycles. The second-order valence-electron chi connectivity index (χ2n) is 3.97. The highest BCUT2D eigenvalue weighted by Crippen LogP contribution is 2.21. The number of anilines is 1. The third-order valence-corrected chi connectivity index (χ3v) is 2.71. The van der Waals surface area contributed by atoms with Gasteiger partial charge in [-0.05, 0) is 11.6 Å². The van der Waals surface area contributed by atoms with Gasteiger partial charge >= 0.3 is 5.97 Å². The number of rotatable bonds is 3. The van der Waals surface area contributed by atoms with E-state index in [4.69, 9.17) is 5.11 Å². The number of para-hydroxylation sites is 1. The third-order valence-electron chi connectivity index (χ3n) is 2.71. The molecule has 0 unspecified atom stereocenters. The molecule has 1 aliphatic rings. The molecule has 17 heavy (non-hydrogen) atoms. The zero-order valence-electron chi connectivity index (χ0n) is 9.35. The Balaban J connectivity index is 2.24. The molecule has 90 valence electrons. The molecule has 1 fully saturated rings. The van der Waals surface area contributed by atoms with Crippen LogP contribution in [0, 0.1) is 0 Å². The van der Waals surface area contributed by atoms with Crippen LogP contribution in [0.2, 0.25) is 0 Å². The van der Waals surface area contributed by atoms with E-state index in [0.29, 0.717) is 13.1 Å². The number of carbonyl (C=O) groups excluding carboxylic acids is 1. The molecule has 0 saturated carbocycles. The minimum atomic E-state index is -0.862. The highest BCUT2D eigenvalue weighted by molar-refractivity contribution is 5.83. The first-order valence-corrected chi connectivity index (χ1v) is 5.48. The molecule has 0 aromatic heterocycles. The molecule has 1 heterocycles. The lowest BCUT2D eigenvalue weighted by atomic mass is 10.1. The van der Waals surface area contributed by atoms with Gasteiger partial charge in [0.25, 0.3) is 0 Å². The van der Waals surface area contributed by atoms with Gasteiger partial charge in [0.2, 0.25) is 5.91 Å². The Morgan fingerprint density at radius 1 is 1.41 bits per heavy atom. The Hall–Kier alpha value is -2.04. The standard InChI is InChI=1S/C12H14N2O3/c15-11-8-14(6-5-13-11)10-4-2-1-3-9(10)7-12(16)17/h1-4H,5-8H2,(H,13,15)(H,16,17). The summed E-state index contributed by atoms with van der Waals surface area (Å²) in [6.45, 7) is 1.60. The topological polar surface area (TPSA) is 69.6 Å². The number of carboxylic acid groups (broad SMARTS) is 1. The molecule has 1 aliphatic heterocycles. The average molecular weight is 234 g/mol. The van der Waals surface area contributed by atoms with E-state index in [1.54, 1.807) is 6.07 Å². The van der Waals surface area contributed by atoms with Crippen molar-refractivity contribution in [2.75, 3.05) is 24.5 Å². The van der Waals surface area contributed by atoms with E-state index in [2.05, 4.69) is 5.32 Å². The number of carboxylic acids is 1. The van der Waals surface area contributed by atoms with Crippen LogP contribution in [0.3, 0.4) is 0 Å². The monoisotopic (exact) mass is 234 g/mol. The van der Waals surface area contributed by atoms with Crippen LogP contribution >= 0.6 is 0 Å². The van der Waals surface area contributed by atoms with Gasteiger partial charge in [-0.25, -0.2) is 0 Å². The van der Waals surface area contributed by atoms with E-state index >= 15 is 0 Å². The van der Waals surface area contributed by atoms with Crippen LogP contribution in [0.4, 0.5) is 5.69 Å². The highest BCUT2D eigenvalue weighted by Gasteiger charge is 2.19. The Labute approximate surface area is 99.0 Å². The van der Waals surface area contributed by atoms with Gasteiger partial charge in [0.15, 0.2) is 0 Å². The minimum absolute atomic E-state index is 0.0196. The second kappa shape index (κ2) is 4.86. The molecule has 0 spiro atoms. The Kier molecular flexibility index (Phi) is 3.27. The normalized spacial score (nSPS) is 15.5. The van der Waals surface area contributed by atoms with Crippen LogP contribution in [0.1, 0.15) is 5.56 Å². The quantitative estimate of drug-likeness (QED) is 0.786. The molecule has 5 nitrogen and oxygen atoms in total. The summed E-state index contributed by atoms with van der Waals surface area (Å²) >= 11 is 0. The van der Waals surface area contributed by atoms with Crippen molar-refractivity contribution in [1.29, 1.82) is 0 Å². The second-order valence-corrected chi connectivity index (χ2v) is 3.97. The van der Waals surface area contributed by atoms with Crippen molar-refractivity contribution in [3.8, 4) is 0 Å². The van der Waals surface area contributed by atoms with Crippen LogP contribution in [-0.2, 0) is 16.0 Å². The summed E-state index contributed by atoms with van der Waals surface area (Å²) in [6, 6.07) is 7.31. The smallest absolute Gasteiger partial charge is 0.307 e. The van der Waals surface area contributed by atoms with Crippen LogP contribution in [0.25, 0.3) is 0 Å². The van der Waals surface area contributed by atoms with Crippen LogP contribution < -0.4 is 10.2 Å². The highest BCUT2D eigenvalue weighted by atomic mass is 16.4. The Morgan fingerprint density at radius 3 is 2.88 bits per heavy atom. The number of hydrogen-bond donors (Lipinski definition) is 2. The van der Waals surface area contributed by atoms with E-state index in [1.165, 1.54) is 0 Å². The molecule has 0 bridgehead atoms. The third kappa shape index (κ3) is 2.75. The van der Waals surface area contributed by atoms with Gasteiger partial charge < -0.3 is 15.3 Å². The first-order valence-electron chi connectivity index (χ1n) is 5.48. The number of nitrogens with zero attached hydrogens (tertiary/aromatic N) is 1. The van der Waals surface area contributed by atoms with Crippen molar-refractivity contribution in [2.45, 2.75) is 6.42 Å². The maximum atomic E-state index is 11.3. The summed E-state index contributed by atoms with van der Waals surface area (Å²) in [5.74, 6) is -0.889. The fraction of sp³-hybridized carbons (Fsp3) is 0.333. The van der Waals surface area contributed by atoms with Crippen molar-refractivity contribution in [1.82, 2.24) is 5.32 Å². The summed E-state index contributed by atoms with van der Waals surface area (Å²) in [6.07, 6.45) is -0.0196. The van der Waals surface area contributed by atoms with Crippen molar-refractivity contribution in [3.63, 3.8) is 0 Å². The lowest BCUT2D eigenvalue weighted by Crippen LogP contribution is -2.48. The van der Waals surface area contributed by atoms with Crippen molar-refractivity contribution in [2.24, 2.45) is 0 Å².